The summed E-state index contributed by atoms with van der Waals surface area (Å²) >= 11 is 0. The molecule has 148 valence electrons. The fourth-order valence-electron chi connectivity index (χ4n) is 3.18. The van der Waals surface area contributed by atoms with Gasteiger partial charge in [-0.05, 0) is 18.9 Å². The Morgan fingerprint density at radius 2 is 2.29 bits per heavy atom. The van der Waals surface area contributed by atoms with Crippen LogP contribution in [0.4, 0.5) is 5.95 Å². The third-order valence-corrected chi connectivity index (χ3v) is 4.73. The lowest BCUT2D eigenvalue weighted by Gasteiger charge is -2.28. The predicted octanol–water partition coefficient (Wildman–Crippen LogP) is 1.57. The lowest BCUT2D eigenvalue weighted by molar-refractivity contribution is 0.0946. The summed E-state index contributed by atoms with van der Waals surface area (Å²) in [4.78, 5) is 24.0. The van der Waals surface area contributed by atoms with E-state index in [4.69, 9.17) is 19.7 Å². The van der Waals surface area contributed by atoms with Crippen molar-refractivity contribution in [3.63, 3.8) is 0 Å². The van der Waals surface area contributed by atoms with Gasteiger partial charge in [-0.3, -0.25) is 4.79 Å². The molecule has 1 fully saturated rings. The third kappa shape index (κ3) is 4.94. The first-order valence-electron chi connectivity index (χ1n) is 9.48. The average molecular weight is 383 g/mol. The van der Waals surface area contributed by atoms with E-state index in [-0.39, 0.29) is 11.8 Å². The van der Waals surface area contributed by atoms with Gasteiger partial charge in [0.15, 0.2) is 0 Å². The van der Waals surface area contributed by atoms with Crippen LogP contribution in [0.25, 0.3) is 0 Å². The van der Waals surface area contributed by atoms with Crippen molar-refractivity contribution in [2.75, 3.05) is 51.5 Å². The summed E-state index contributed by atoms with van der Waals surface area (Å²) in [6.45, 7) is 3.83. The fourth-order valence-corrected chi connectivity index (χ4v) is 3.18. The SMILES string of the molecule is COCCCNC(=O)c1cnc(N2CCOCC2)nc1C1C=CC(C#N)=CC1. The number of allylic oxidation sites excluding steroid dienone is 4. The van der Waals surface area contributed by atoms with E-state index in [1.165, 1.54) is 0 Å². The summed E-state index contributed by atoms with van der Waals surface area (Å²) < 4.78 is 10.4. The van der Waals surface area contributed by atoms with E-state index in [0.29, 0.717) is 55.6 Å². The highest BCUT2D eigenvalue weighted by Crippen LogP contribution is 2.29. The zero-order valence-electron chi connectivity index (χ0n) is 16.1. The number of nitriles is 1. The molecule has 1 saturated heterocycles. The normalized spacial score (nSPS) is 19.1. The second-order valence-corrected chi connectivity index (χ2v) is 6.64. The van der Waals surface area contributed by atoms with Crippen LogP contribution in [0.1, 0.15) is 34.8 Å². The predicted molar refractivity (Wildman–Crippen MR) is 104 cm³/mol. The number of aromatic nitrogens is 2. The van der Waals surface area contributed by atoms with Crippen LogP contribution in [0.2, 0.25) is 0 Å². The number of ether oxygens (including phenoxy) is 2. The number of nitrogens with zero attached hydrogens (tertiary/aromatic N) is 4. The van der Waals surface area contributed by atoms with Crippen molar-refractivity contribution in [1.82, 2.24) is 15.3 Å². The highest BCUT2D eigenvalue weighted by atomic mass is 16.5. The van der Waals surface area contributed by atoms with Crippen LogP contribution in [0, 0.1) is 11.3 Å². The largest absolute Gasteiger partial charge is 0.385 e. The van der Waals surface area contributed by atoms with E-state index in [0.717, 1.165) is 19.5 Å². The molecule has 1 atom stereocenters. The zero-order valence-corrected chi connectivity index (χ0v) is 16.1. The number of amides is 1. The quantitative estimate of drug-likeness (QED) is 0.713. The van der Waals surface area contributed by atoms with Crippen molar-refractivity contribution in [2.24, 2.45) is 0 Å². The van der Waals surface area contributed by atoms with Crippen LogP contribution < -0.4 is 10.2 Å². The number of morpholine rings is 1. The van der Waals surface area contributed by atoms with Gasteiger partial charge in [-0.15, -0.1) is 0 Å². The van der Waals surface area contributed by atoms with Gasteiger partial charge in [-0.2, -0.15) is 5.26 Å². The molecule has 8 heteroatoms. The van der Waals surface area contributed by atoms with Crippen LogP contribution in [0.15, 0.2) is 30.0 Å². The first kappa shape index (κ1) is 20.0. The Labute approximate surface area is 164 Å². The van der Waals surface area contributed by atoms with Gasteiger partial charge < -0.3 is 19.7 Å². The maximum Gasteiger partial charge on any atom is 0.254 e. The number of carbonyl (C=O) groups is 1. The standard InChI is InChI=1S/C20H25N5O3/c1-27-10-2-7-22-19(26)17-14-23-20(25-8-11-28-12-9-25)24-18(17)16-5-3-15(13-21)4-6-16/h3-5,14,16H,2,6-12H2,1H3,(H,22,26). The van der Waals surface area contributed by atoms with E-state index in [1.54, 1.807) is 19.4 Å². The van der Waals surface area contributed by atoms with E-state index < -0.39 is 0 Å². The molecule has 28 heavy (non-hydrogen) atoms. The minimum Gasteiger partial charge on any atom is -0.385 e. The van der Waals surface area contributed by atoms with E-state index in [2.05, 4.69) is 21.3 Å². The van der Waals surface area contributed by atoms with Crippen molar-refractivity contribution in [1.29, 1.82) is 5.26 Å². The molecule has 1 aromatic heterocycles. The van der Waals surface area contributed by atoms with Gasteiger partial charge in [-0.25, -0.2) is 9.97 Å². The maximum atomic E-state index is 12.7. The Bertz CT molecular complexity index is 794. The molecule has 1 aromatic rings. The van der Waals surface area contributed by atoms with Gasteiger partial charge >= 0.3 is 0 Å². The van der Waals surface area contributed by atoms with Gasteiger partial charge in [0, 0.05) is 51.0 Å². The minimum absolute atomic E-state index is 0.0698. The highest BCUT2D eigenvalue weighted by molar-refractivity contribution is 5.95. The molecule has 2 heterocycles. The van der Waals surface area contributed by atoms with Gasteiger partial charge in [-0.1, -0.05) is 12.2 Å². The molecule has 0 radical (unpaired) electrons. The molecule has 0 spiro atoms. The molecular formula is C20H25N5O3. The second-order valence-electron chi connectivity index (χ2n) is 6.64. The van der Waals surface area contributed by atoms with Crippen molar-refractivity contribution in [3.8, 4) is 6.07 Å². The summed E-state index contributed by atoms with van der Waals surface area (Å²) in [5, 5.41) is 12.0. The molecule has 0 bridgehead atoms. The molecule has 2 aliphatic rings. The number of methoxy groups -OCH3 is 1. The smallest absolute Gasteiger partial charge is 0.254 e. The highest BCUT2D eigenvalue weighted by Gasteiger charge is 2.24. The van der Waals surface area contributed by atoms with Gasteiger partial charge in [0.25, 0.3) is 5.91 Å². The monoisotopic (exact) mass is 383 g/mol. The number of carbonyl (C=O) groups excluding carboxylic acids is 1. The van der Waals surface area contributed by atoms with Gasteiger partial charge in [0.1, 0.15) is 0 Å². The van der Waals surface area contributed by atoms with Gasteiger partial charge in [0.05, 0.1) is 30.5 Å². The fraction of sp³-hybridized carbons (Fsp3) is 0.500. The molecule has 1 aliphatic carbocycles. The van der Waals surface area contributed by atoms with Crippen LogP contribution in [-0.2, 0) is 9.47 Å². The molecule has 1 amide bonds. The topological polar surface area (TPSA) is 100 Å². The molecule has 1 aliphatic heterocycles. The van der Waals surface area contributed by atoms with Crippen LogP contribution in [0.3, 0.4) is 0 Å². The van der Waals surface area contributed by atoms with E-state index >= 15 is 0 Å². The van der Waals surface area contributed by atoms with Crippen LogP contribution in [-0.4, -0.2) is 62.4 Å². The van der Waals surface area contributed by atoms with E-state index in [9.17, 15) is 4.79 Å². The molecule has 0 saturated carbocycles. The molecule has 8 nitrogen and oxygen atoms in total. The third-order valence-electron chi connectivity index (χ3n) is 4.73. The van der Waals surface area contributed by atoms with Crippen molar-refractivity contribution in [2.45, 2.75) is 18.8 Å². The number of anilines is 1. The average Bonchev–Trinajstić information content (AvgIpc) is 2.77. The molecule has 1 N–H and O–H groups in total. The Kier molecular flexibility index (Phi) is 7.12. The van der Waals surface area contributed by atoms with Crippen molar-refractivity contribution < 1.29 is 14.3 Å². The Hall–Kier alpha value is -2.76. The summed E-state index contributed by atoms with van der Waals surface area (Å²) in [5.41, 5.74) is 1.78. The minimum atomic E-state index is -0.192. The van der Waals surface area contributed by atoms with Crippen LogP contribution >= 0.6 is 0 Å². The van der Waals surface area contributed by atoms with Crippen molar-refractivity contribution in [3.05, 3.63) is 41.3 Å². The van der Waals surface area contributed by atoms with Crippen molar-refractivity contribution >= 4 is 11.9 Å². The lowest BCUT2D eigenvalue weighted by Crippen LogP contribution is -2.38. The van der Waals surface area contributed by atoms with Gasteiger partial charge in [0.2, 0.25) is 5.95 Å². The number of hydrogen-bond donors (Lipinski definition) is 1. The first-order valence-corrected chi connectivity index (χ1v) is 9.48. The number of rotatable bonds is 7. The molecule has 0 aromatic carbocycles. The Morgan fingerprint density at radius 3 is 2.96 bits per heavy atom. The number of nitrogens with one attached hydrogen (secondary N) is 1. The molecular weight excluding hydrogens is 358 g/mol. The first-order chi connectivity index (χ1) is 13.7. The Balaban J connectivity index is 1.83. The summed E-state index contributed by atoms with van der Waals surface area (Å²) in [6.07, 6.45) is 8.57. The lowest BCUT2D eigenvalue weighted by atomic mass is 9.91. The molecule has 3 rings (SSSR count). The summed E-state index contributed by atoms with van der Waals surface area (Å²) in [6, 6.07) is 2.14. The van der Waals surface area contributed by atoms with Crippen LogP contribution in [0.5, 0.6) is 0 Å². The Morgan fingerprint density at radius 1 is 1.46 bits per heavy atom. The summed E-state index contributed by atoms with van der Waals surface area (Å²) in [5.74, 6) is 0.348. The number of hydrogen-bond acceptors (Lipinski definition) is 7. The zero-order chi connectivity index (χ0) is 19.8. The maximum absolute atomic E-state index is 12.7. The molecule has 1 unspecified atom stereocenters. The second kappa shape index (κ2) is 9.97. The van der Waals surface area contributed by atoms with E-state index in [1.807, 2.05) is 12.2 Å². The summed E-state index contributed by atoms with van der Waals surface area (Å²) in [7, 11) is 1.64.